The highest BCUT2D eigenvalue weighted by Gasteiger charge is 2.64. The van der Waals surface area contributed by atoms with Crippen LogP contribution in [0.2, 0.25) is 0 Å². The summed E-state index contributed by atoms with van der Waals surface area (Å²) in [5, 5.41) is -5.30. The standard InChI is InChI=1S/C14H15F5O5S/c15-13(16,17)10(14(18,19)25(22)23)24-11(21)12-3-6-1-7(4-12)9(20)8(2-6)5-12/h6-8,10H,1-5H2,(H,22,23)/p-1. The highest BCUT2D eigenvalue weighted by molar-refractivity contribution is 7.80. The Bertz CT molecular complexity index is 616. The molecular formula is C14H14F5O5S-. The van der Waals surface area contributed by atoms with E-state index in [0.29, 0.717) is 12.8 Å². The first kappa shape index (κ1) is 18.7. The molecule has 4 saturated carbocycles. The number of ether oxygens (including phenoxy) is 1. The van der Waals surface area contributed by atoms with Crippen LogP contribution < -0.4 is 0 Å². The molecule has 5 nitrogen and oxygen atoms in total. The summed E-state index contributed by atoms with van der Waals surface area (Å²) in [4.78, 5) is 24.4. The van der Waals surface area contributed by atoms with E-state index in [4.69, 9.17) is 0 Å². The fourth-order valence-electron chi connectivity index (χ4n) is 4.64. The van der Waals surface area contributed by atoms with Gasteiger partial charge in [0.2, 0.25) is 0 Å². The molecule has 4 fully saturated rings. The smallest absolute Gasteiger partial charge is 0.432 e. The van der Waals surface area contributed by atoms with Crippen LogP contribution in [-0.2, 0) is 25.4 Å². The van der Waals surface area contributed by atoms with E-state index in [0.717, 1.165) is 0 Å². The molecule has 4 unspecified atom stereocenters. The van der Waals surface area contributed by atoms with Crippen LogP contribution in [0.1, 0.15) is 32.1 Å². The lowest BCUT2D eigenvalue weighted by Crippen LogP contribution is -2.57. The lowest BCUT2D eigenvalue weighted by molar-refractivity contribution is -0.265. The van der Waals surface area contributed by atoms with Crippen LogP contribution in [0.15, 0.2) is 0 Å². The van der Waals surface area contributed by atoms with Crippen molar-refractivity contribution in [2.75, 3.05) is 0 Å². The first-order chi connectivity index (χ1) is 11.4. The topological polar surface area (TPSA) is 83.5 Å². The predicted octanol–water partition coefficient (Wildman–Crippen LogP) is 2.33. The number of alkyl halides is 5. The zero-order valence-corrected chi connectivity index (χ0v) is 13.5. The summed E-state index contributed by atoms with van der Waals surface area (Å²) >= 11 is -4.42. The van der Waals surface area contributed by atoms with Crippen LogP contribution in [0.3, 0.4) is 0 Å². The predicted molar refractivity (Wildman–Crippen MR) is 70.8 cm³/mol. The fourth-order valence-corrected chi connectivity index (χ4v) is 5.00. The molecule has 0 radical (unpaired) electrons. The lowest BCUT2D eigenvalue weighted by atomic mass is 9.49. The second-order valence-electron chi connectivity index (χ2n) is 7.15. The highest BCUT2D eigenvalue weighted by atomic mass is 32.2. The van der Waals surface area contributed by atoms with E-state index in [1.54, 1.807) is 0 Å². The summed E-state index contributed by atoms with van der Waals surface area (Å²) in [5.41, 5.74) is -1.42. The van der Waals surface area contributed by atoms with E-state index in [1.165, 1.54) is 0 Å². The first-order valence-electron chi connectivity index (χ1n) is 7.65. The van der Waals surface area contributed by atoms with Gasteiger partial charge in [0.15, 0.2) is 0 Å². The molecule has 0 aromatic rings. The molecule has 0 heterocycles. The van der Waals surface area contributed by atoms with Crippen molar-refractivity contribution < 1.29 is 45.0 Å². The van der Waals surface area contributed by atoms with Crippen LogP contribution >= 0.6 is 0 Å². The molecule has 4 aliphatic rings. The molecule has 0 aromatic carbocycles. The number of esters is 1. The first-order valence-corrected chi connectivity index (χ1v) is 8.73. The van der Waals surface area contributed by atoms with E-state index in [1.807, 2.05) is 0 Å². The van der Waals surface area contributed by atoms with E-state index in [9.17, 15) is 40.3 Å². The van der Waals surface area contributed by atoms with Crippen molar-refractivity contribution in [3.05, 3.63) is 0 Å². The molecule has 25 heavy (non-hydrogen) atoms. The summed E-state index contributed by atoms with van der Waals surface area (Å²) in [5.74, 6) is -2.53. The van der Waals surface area contributed by atoms with Gasteiger partial charge in [-0.3, -0.25) is 13.8 Å². The van der Waals surface area contributed by atoms with Gasteiger partial charge in [0.1, 0.15) is 5.78 Å². The van der Waals surface area contributed by atoms with Gasteiger partial charge >= 0.3 is 17.4 Å². The second kappa shape index (κ2) is 5.70. The van der Waals surface area contributed by atoms with Gasteiger partial charge in [-0.25, -0.2) is 0 Å². The molecule has 4 aliphatic carbocycles. The largest absolute Gasteiger partial charge is 0.768 e. The van der Waals surface area contributed by atoms with Gasteiger partial charge in [0.05, 0.1) is 5.41 Å². The zero-order chi connectivity index (χ0) is 18.8. The number of rotatable bonds is 4. The SMILES string of the molecule is O=C1C2CC3CC1CC(C(=O)OC(C(F)(F)F)C(F)(F)S(=O)[O-])(C3)C2. The minimum absolute atomic E-state index is 0.0335. The van der Waals surface area contributed by atoms with Gasteiger partial charge in [-0.15, -0.1) is 0 Å². The van der Waals surface area contributed by atoms with E-state index < -0.39 is 51.8 Å². The maximum absolute atomic E-state index is 13.4. The molecule has 11 heteroatoms. The molecular weight excluding hydrogens is 375 g/mol. The van der Waals surface area contributed by atoms with Crippen LogP contribution in [0.4, 0.5) is 22.0 Å². The molecule has 0 amide bonds. The lowest BCUT2D eigenvalue weighted by Gasteiger charge is -2.54. The number of Topliss-reactive ketones (excluding diaryl/α,β-unsaturated/α-hetero) is 1. The van der Waals surface area contributed by atoms with Crippen LogP contribution in [0.25, 0.3) is 0 Å². The molecule has 0 aliphatic heterocycles. The van der Waals surface area contributed by atoms with Crippen molar-refractivity contribution in [3.63, 3.8) is 0 Å². The van der Waals surface area contributed by atoms with Gasteiger partial charge in [-0.2, -0.15) is 22.0 Å². The van der Waals surface area contributed by atoms with Gasteiger partial charge in [0.25, 0.3) is 6.10 Å². The average molecular weight is 389 g/mol. The third-order valence-electron chi connectivity index (χ3n) is 5.48. The van der Waals surface area contributed by atoms with Gasteiger partial charge in [-0.1, -0.05) is 0 Å². The summed E-state index contributed by atoms with van der Waals surface area (Å²) in [6.07, 6.45) is -8.65. The molecule has 4 atom stereocenters. The van der Waals surface area contributed by atoms with E-state index >= 15 is 0 Å². The Morgan fingerprint density at radius 3 is 2.12 bits per heavy atom. The van der Waals surface area contributed by atoms with Gasteiger partial charge in [-0.05, 0) is 38.0 Å². The Balaban J connectivity index is 1.85. The third kappa shape index (κ3) is 2.98. The zero-order valence-electron chi connectivity index (χ0n) is 12.7. The Kier molecular flexibility index (Phi) is 4.26. The second-order valence-corrected chi connectivity index (χ2v) is 8.16. The number of halogens is 5. The molecule has 0 N–H and O–H groups in total. The Morgan fingerprint density at radius 1 is 1.16 bits per heavy atom. The minimum atomic E-state index is -5.75. The monoisotopic (exact) mass is 389 g/mol. The summed E-state index contributed by atoms with van der Waals surface area (Å²) in [6, 6.07) is 0. The quantitative estimate of drug-likeness (QED) is 0.419. The Labute approximate surface area is 141 Å². The van der Waals surface area contributed by atoms with E-state index in [-0.39, 0.29) is 31.0 Å². The van der Waals surface area contributed by atoms with Crippen molar-refractivity contribution >= 4 is 22.8 Å². The molecule has 0 spiro atoms. The maximum Gasteiger partial charge on any atom is 0.432 e. The highest BCUT2D eigenvalue weighted by Crippen LogP contribution is 2.59. The van der Waals surface area contributed by atoms with Crippen molar-refractivity contribution in [2.45, 2.75) is 49.6 Å². The molecule has 142 valence electrons. The van der Waals surface area contributed by atoms with Crippen LogP contribution in [-0.4, -0.2) is 38.0 Å². The number of hydrogen-bond donors (Lipinski definition) is 0. The normalized spacial score (nSPS) is 37.0. The number of ketones is 1. The molecule has 0 aromatic heterocycles. The molecule has 4 rings (SSSR count). The van der Waals surface area contributed by atoms with E-state index in [2.05, 4.69) is 4.74 Å². The maximum atomic E-state index is 13.4. The van der Waals surface area contributed by atoms with Crippen LogP contribution in [0, 0.1) is 23.2 Å². The summed E-state index contributed by atoms with van der Waals surface area (Å²) < 4.78 is 90.6. The van der Waals surface area contributed by atoms with Gasteiger partial charge < -0.3 is 9.29 Å². The average Bonchev–Trinajstić information content (AvgIpc) is 2.47. The number of carbonyl (C=O) groups is 2. The summed E-state index contributed by atoms with van der Waals surface area (Å²) in [6.45, 7) is 0. The van der Waals surface area contributed by atoms with Gasteiger partial charge in [0, 0.05) is 22.9 Å². The van der Waals surface area contributed by atoms with Crippen molar-refractivity contribution in [2.24, 2.45) is 23.2 Å². The fraction of sp³-hybridized carbons (Fsp3) is 0.857. The molecule has 4 bridgehead atoms. The summed E-state index contributed by atoms with van der Waals surface area (Å²) in [7, 11) is 0. The Hall–Kier alpha value is -1.10. The minimum Gasteiger partial charge on any atom is -0.768 e. The number of hydrogen-bond acceptors (Lipinski definition) is 5. The van der Waals surface area contributed by atoms with Crippen molar-refractivity contribution in [3.8, 4) is 0 Å². The van der Waals surface area contributed by atoms with Crippen molar-refractivity contribution in [1.82, 2.24) is 0 Å². The number of carbonyl (C=O) groups excluding carboxylic acids is 2. The van der Waals surface area contributed by atoms with Crippen molar-refractivity contribution in [1.29, 1.82) is 0 Å². The van der Waals surface area contributed by atoms with Crippen LogP contribution in [0.5, 0.6) is 0 Å². The molecule has 0 saturated heterocycles. The Morgan fingerprint density at radius 2 is 1.68 bits per heavy atom. The third-order valence-corrected chi connectivity index (χ3v) is 6.14.